The van der Waals surface area contributed by atoms with Crippen LogP contribution in [0.4, 0.5) is 11.5 Å². The third kappa shape index (κ3) is 4.76. The van der Waals surface area contributed by atoms with E-state index in [9.17, 15) is 4.79 Å². The van der Waals surface area contributed by atoms with E-state index >= 15 is 0 Å². The monoisotopic (exact) mass is 325 g/mol. The van der Waals surface area contributed by atoms with Crippen molar-refractivity contribution in [3.8, 4) is 0 Å². The van der Waals surface area contributed by atoms with Gasteiger partial charge in [-0.3, -0.25) is 9.69 Å². The molecule has 1 aromatic heterocycles. The van der Waals surface area contributed by atoms with Crippen molar-refractivity contribution in [2.45, 2.75) is 19.3 Å². The van der Waals surface area contributed by atoms with Crippen LogP contribution in [0, 0.1) is 5.92 Å². The molecule has 0 bridgehead atoms. The lowest BCUT2D eigenvalue weighted by Crippen LogP contribution is -2.41. The molecule has 6 nitrogen and oxygen atoms in total. The van der Waals surface area contributed by atoms with E-state index in [4.69, 9.17) is 5.73 Å². The number of aromatic nitrogens is 2. The van der Waals surface area contributed by atoms with E-state index in [-0.39, 0.29) is 5.91 Å². The zero-order valence-electron chi connectivity index (χ0n) is 13.7. The molecule has 6 heteroatoms. The Morgan fingerprint density at radius 3 is 2.75 bits per heavy atom. The molecule has 0 saturated carbocycles. The molecule has 1 aliphatic rings. The Morgan fingerprint density at radius 2 is 2.04 bits per heavy atom. The first-order valence-electron chi connectivity index (χ1n) is 8.34. The van der Waals surface area contributed by atoms with E-state index in [2.05, 4.69) is 20.4 Å². The molecule has 1 atom stereocenters. The maximum atomic E-state index is 11.1. The van der Waals surface area contributed by atoms with Crippen molar-refractivity contribution >= 4 is 17.4 Å². The summed E-state index contributed by atoms with van der Waals surface area (Å²) in [6.07, 6.45) is 3.13. The van der Waals surface area contributed by atoms with E-state index in [1.807, 2.05) is 42.5 Å². The summed E-state index contributed by atoms with van der Waals surface area (Å²) >= 11 is 0. The molecule has 2 aromatic rings. The predicted octanol–water partition coefficient (Wildman–Crippen LogP) is 1.96. The zero-order valence-corrected chi connectivity index (χ0v) is 13.7. The summed E-state index contributed by atoms with van der Waals surface area (Å²) < 4.78 is 0. The highest BCUT2D eigenvalue weighted by Crippen LogP contribution is 2.20. The van der Waals surface area contributed by atoms with E-state index in [1.54, 1.807) is 0 Å². The van der Waals surface area contributed by atoms with Gasteiger partial charge in [-0.2, -0.15) is 5.10 Å². The fraction of sp³-hybridized carbons (Fsp3) is 0.389. The number of nitrogens with one attached hydrogen (secondary N) is 1. The number of piperidine rings is 1. The first-order chi connectivity index (χ1) is 11.7. The topological polar surface area (TPSA) is 84.1 Å². The largest absolute Gasteiger partial charge is 0.369 e. The lowest BCUT2D eigenvalue weighted by molar-refractivity contribution is -0.119. The lowest BCUT2D eigenvalue weighted by Gasteiger charge is -2.31. The van der Waals surface area contributed by atoms with Crippen LogP contribution in [0.1, 0.15) is 18.5 Å². The SMILES string of the molecule is NC(=O)CN1CCC[C@@H](Cc2ccc(Nc3ccccc3)nn2)C1. The fourth-order valence-electron chi connectivity index (χ4n) is 3.18. The van der Waals surface area contributed by atoms with Crippen molar-refractivity contribution in [2.24, 2.45) is 11.7 Å². The Balaban J connectivity index is 1.55. The molecule has 1 fully saturated rings. The number of hydrogen-bond donors (Lipinski definition) is 2. The van der Waals surface area contributed by atoms with Gasteiger partial charge in [-0.05, 0) is 56.0 Å². The molecule has 1 aromatic carbocycles. The molecule has 1 amide bonds. The third-order valence-corrected chi connectivity index (χ3v) is 4.25. The number of likely N-dealkylation sites (tertiary alicyclic amines) is 1. The molecule has 3 rings (SSSR count). The van der Waals surface area contributed by atoms with Crippen molar-refractivity contribution in [3.05, 3.63) is 48.2 Å². The van der Waals surface area contributed by atoms with Gasteiger partial charge in [-0.25, -0.2) is 0 Å². The average molecular weight is 325 g/mol. The summed E-state index contributed by atoms with van der Waals surface area (Å²) in [7, 11) is 0. The van der Waals surface area contributed by atoms with Crippen LogP contribution in [-0.4, -0.2) is 40.6 Å². The summed E-state index contributed by atoms with van der Waals surface area (Å²) in [6.45, 7) is 2.20. The quantitative estimate of drug-likeness (QED) is 0.848. The van der Waals surface area contributed by atoms with E-state index < -0.39 is 0 Å². The Hall–Kier alpha value is -2.47. The maximum absolute atomic E-state index is 11.1. The highest BCUT2D eigenvalue weighted by atomic mass is 16.1. The highest BCUT2D eigenvalue weighted by molar-refractivity contribution is 5.75. The number of benzene rings is 1. The minimum Gasteiger partial charge on any atom is -0.369 e. The van der Waals surface area contributed by atoms with Crippen molar-refractivity contribution in [1.82, 2.24) is 15.1 Å². The smallest absolute Gasteiger partial charge is 0.231 e. The number of para-hydroxylation sites is 1. The van der Waals surface area contributed by atoms with Crippen molar-refractivity contribution in [3.63, 3.8) is 0 Å². The van der Waals surface area contributed by atoms with Crippen LogP contribution >= 0.6 is 0 Å². The summed E-state index contributed by atoms with van der Waals surface area (Å²) in [4.78, 5) is 13.2. The van der Waals surface area contributed by atoms with Crippen LogP contribution in [-0.2, 0) is 11.2 Å². The first kappa shape index (κ1) is 16.4. The van der Waals surface area contributed by atoms with E-state index in [1.165, 1.54) is 0 Å². The number of primary amides is 1. The van der Waals surface area contributed by atoms with Gasteiger partial charge in [0.2, 0.25) is 5.91 Å². The number of anilines is 2. The first-order valence-corrected chi connectivity index (χ1v) is 8.34. The second-order valence-electron chi connectivity index (χ2n) is 6.31. The minimum absolute atomic E-state index is 0.258. The average Bonchev–Trinajstić information content (AvgIpc) is 2.57. The normalized spacial score (nSPS) is 18.2. The van der Waals surface area contributed by atoms with Crippen LogP contribution in [0.25, 0.3) is 0 Å². The van der Waals surface area contributed by atoms with Gasteiger partial charge in [0.15, 0.2) is 5.82 Å². The summed E-state index contributed by atoms with van der Waals surface area (Å²) in [5.74, 6) is 0.982. The number of rotatable bonds is 6. The number of nitrogens with two attached hydrogens (primary N) is 1. The maximum Gasteiger partial charge on any atom is 0.231 e. The fourth-order valence-corrected chi connectivity index (χ4v) is 3.18. The molecular formula is C18H23N5O. The zero-order chi connectivity index (χ0) is 16.8. The lowest BCUT2D eigenvalue weighted by atomic mass is 9.93. The number of hydrogen-bond acceptors (Lipinski definition) is 5. The van der Waals surface area contributed by atoms with Gasteiger partial charge in [-0.1, -0.05) is 18.2 Å². The molecule has 0 radical (unpaired) electrons. The molecule has 126 valence electrons. The van der Waals surface area contributed by atoms with Crippen LogP contribution in [0.15, 0.2) is 42.5 Å². The Labute approximate surface area is 142 Å². The van der Waals surface area contributed by atoms with Crippen molar-refractivity contribution < 1.29 is 4.79 Å². The van der Waals surface area contributed by atoms with Crippen LogP contribution in [0.2, 0.25) is 0 Å². The molecule has 0 unspecified atom stereocenters. The molecule has 1 saturated heterocycles. The van der Waals surface area contributed by atoms with Gasteiger partial charge < -0.3 is 11.1 Å². The number of amides is 1. The molecule has 1 aliphatic heterocycles. The molecule has 0 aliphatic carbocycles. The van der Waals surface area contributed by atoms with Crippen LogP contribution in [0.5, 0.6) is 0 Å². The minimum atomic E-state index is -0.258. The van der Waals surface area contributed by atoms with Crippen LogP contribution in [0.3, 0.4) is 0 Å². The number of carbonyl (C=O) groups excluding carboxylic acids is 1. The van der Waals surface area contributed by atoms with Crippen LogP contribution < -0.4 is 11.1 Å². The third-order valence-electron chi connectivity index (χ3n) is 4.25. The van der Waals surface area contributed by atoms with E-state index in [0.29, 0.717) is 12.5 Å². The second kappa shape index (κ2) is 7.88. The molecule has 3 N–H and O–H groups in total. The Morgan fingerprint density at radius 1 is 1.21 bits per heavy atom. The highest BCUT2D eigenvalue weighted by Gasteiger charge is 2.21. The van der Waals surface area contributed by atoms with Gasteiger partial charge in [0.1, 0.15) is 0 Å². The molecule has 2 heterocycles. The van der Waals surface area contributed by atoms with Gasteiger partial charge in [0.25, 0.3) is 0 Å². The van der Waals surface area contributed by atoms with Gasteiger partial charge >= 0.3 is 0 Å². The van der Waals surface area contributed by atoms with Gasteiger partial charge in [0, 0.05) is 12.2 Å². The summed E-state index contributed by atoms with van der Waals surface area (Å²) in [5.41, 5.74) is 7.27. The van der Waals surface area contributed by atoms with Gasteiger partial charge in [-0.15, -0.1) is 5.10 Å². The van der Waals surface area contributed by atoms with Gasteiger partial charge in [0.05, 0.1) is 12.2 Å². The second-order valence-corrected chi connectivity index (χ2v) is 6.31. The Bertz CT molecular complexity index is 659. The molecular weight excluding hydrogens is 302 g/mol. The number of nitrogens with zero attached hydrogens (tertiary/aromatic N) is 3. The standard InChI is InChI=1S/C18H23N5O/c19-17(24)13-23-10-4-5-14(12-23)11-16-8-9-18(22-21-16)20-15-6-2-1-3-7-15/h1-3,6-9,14H,4-5,10-13H2,(H2,19,24)(H,20,22)/t14-/m0/s1. The van der Waals surface area contributed by atoms with Crippen molar-refractivity contribution in [2.75, 3.05) is 25.0 Å². The van der Waals surface area contributed by atoms with Crippen molar-refractivity contribution in [1.29, 1.82) is 0 Å². The Kier molecular flexibility index (Phi) is 5.38. The molecule has 0 spiro atoms. The summed E-state index contributed by atoms with van der Waals surface area (Å²) in [5, 5.41) is 11.8. The summed E-state index contributed by atoms with van der Waals surface area (Å²) in [6, 6.07) is 13.9. The molecule has 24 heavy (non-hydrogen) atoms. The number of carbonyl (C=O) groups is 1. The van der Waals surface area contributed by atoms with E-state index in [0.717, 1.165) is 49.6 Å². The predicted molar refractivity (Wildman–Crippen MR) is 93.8 cm³/mol.